The summed E-state index contributed by atoms with van der Waals surface area (Å²) >= 11 is 0. The molecule has 0 spiro atoms. The van der Waals surface area contributed by atoms with E-state index in [9.17, 15) is 0 Å². The van der Waals surface area contributed by atoms with Crippen molar-refractivity contribution in [1.82, 2.24) is 0 Å². The minimum Gasteiger partial charge on any atom is -0.381 e. The Morgan fingerprint density at radius 1 is 1.06 bits per heavy atom. The fourth-order valence-electron chi connectivity index (χ4n) is 3.59. The molecule has 1 saturated heterocycles. The summed E-state index contributed by atoms with van der Waals surface area (Å²) in [7, 11) is 0. The van der Waals surface area contributed by atoms with Gasteiger partial charge in [-0.1, -0.05) is 19.3 Å². The Morgan fingerprint density at radius 3 is 2.33 bits per heavy atom. The highest BCUT2D eigenvalue weighted by molar-refractivity contribution is 4.88. The molecule has 1 aliphatic heterocycles. The summed E-state index contributed by atoms with van der Waals surface area (Å²) < 4.78 is 11.5. The summed E-state index contributed by atoms with van der Waals surface area (Å²) in [5, 5.41) is 0. The second kappa shape index (κ2) is 7.46. The van der Waals surface area contributed by atoms with Crippen LogP contribution in [0.3, 0.4) is 0 Å². The largest absolute Gasteiger partial charge is 0.381 e. The van der Waals surface area contributed by atoms with Gasteiger partial charge >= 0.3 is 0 Å². The predicted octanol–water partition coefficient (Wildman–Crippen LogP) is 2.73. The maximum absolute atomic E-state index is 6.53. The van der Waals surface area contributed by atoms with E-state index in [2.05, 4.69) is 6.92 Å². The number of hydrogen-bond donors (Lipinski definition) is 1. The molecule has 2 N–H and O–H groups in total. The molecular weight excluding hydrogens is 226 g/mol. The van der Waals surface area contributed by atoms with Gasteiger partial charge in [-0.25, -0.2) is 0 Å². The third kappa shape index (κ3) is 3.69. The van der Waals surface area contributed by atoms with E-state index in [-0.39, 0.29) is 12.1 Å². The molecule has 0 aromatic carbocycles. The molecule has 0 amide bonds. The van der Waals surface area contributed by atoms with Crippen LogP contribution in [0.4, 0.5) is 0 Å². The molecule has 1 aliphatic carbocycles. The van der Waals surface area contributed by atoms with Crippen molar-refractivity contribution in [3.63, 3.8) is 0 Å². The lowest BCUT2D eigenvalue weighted by atomic mass is 9.78. The summed E-state index contributed by atoms with van der Waals surface area (Å²) in [6.45, 7) is 4.63. The summed E-state index contributed by atoms with van der Waals surface area (Å²) in [6.07, 6.45) is 9.21. The van der Waals surface area contributed by atoms with E-state index in [1.165, 1.54) is 32.1 Å². The molecule has 2 atom stereocenters. The summed E-state index contributed by atoms with van der Waals surface area (Å²) in [5.74, 6) is 1.29. The van der Waals surface area contributed by atoms with Crippen LogP contribution in [0.25, 0.3) is 0 Å². The Hall–Kier alpha value is -0.120. The van der Waals surface area contributed by atoms with E-state index in [4.69, 9.17) is 15.2 Å². The normalized spacial score (nSPS) is 27.0. The molecule has 2 unspecified atom stereocenters. The smallest absolute Gasteiger partial charge is 0.0756 e. The van der Waals surface area contributed by atoms with Crippen LogP contribution < -0.4 is 5.73 Å². The van der Waals surface area contributed by atoms with Gasteiger partial charge in [0.15, 0.2) is 0 Å². The Bertz CT molecular complexity index is 223. The number of nitrogens with two attached hydrogens (primary N) is 1. The number of hydrogen-bond acceptors (Lipinski definition) is 3. The second-order valence-corrected chi connectivity index (χ2v) is 5.85. The zero-order valence-corrected chi connectivity index (χ0v) is 11.8. The quantitative estimate of drug-likeness (QED) is 0.821. The van der Waals surface area contributed by atoms with Crippen LogP contribution in [0.5, 0.6) is 0 Å². The first-order chi connectivity index (χ1) is 8.83. The van der Waals surface area contributed by atoms with Crippen molar-refractivity contribution in [2.45, 2.75) is 64.0 Å². The average molecular weight is 255 g/mol. The Kier molecular flexibility index (Phi) is 5.93. The van der Waals surface area contributed by atoms with Gasteiger partial charge in [-0.3, -0.25) is 0 Å². The molecule has 0 bridgehead atoms. The standard InChI is InChI=1S/C15H29NO2/c1-2-18-15(13-6-4-3-5-7-13)14(16)12-8-10-17-11-9-12/h12-15H,2-11,16H2,1H3. The van der Waals surface area contributed by atoms with E-state index >= 15 is 0 Å². The van der Waals surface area contributed by atoms with Crippen LogP contribution in [0.2, 0.25) is 0 Å². The fraction of sp³-hybridized carbons (Fsp3) is 1.00. The fourth-order valence-corrected chi connectivity index (χ4v) is 3.59. The van der Waals surface area contributed by atoms with Crippen molar-refractivity contribution >= 4 is 0 Å². The van der Waals surface area contributed by atoms with Crippen LogP contribution in [-0.4, -0.2) is 32.0 Å². The highest BCUT2D eigenvalue weighted by atomic mass is 16.5. The third-order valence-corrected chi connectivity index (χ3v) is 4.66. The molecule has 3 nitrogen and oxygen atoms in total. The number of rotatable bonds is 5. The minimum absolute atomic E-state index is 0.206. The van der Waals surface area contributed by atoms with Gasteiger partial charge in [0.1, 0.15) is 0 Å². The van der Waals surface area contributed by atoms with E-state index in [0.29, 0.717) is 11.8 Å². The molecule has 106 valence electrons. The van der Waals surface area contributed by atoms with Gasteiger partial charge in [0, 0.05) is 25.9 Å². The molecule has 2 aliphatic rings. The van der Waals surface area contributed by atoms with E-state index in [1.54, 1.807) is 0 Å². The minimum atomic E-state index is 0.206. The van der Waals surface area contributed by atoms with Crippen molar-refractivity contribution < 1.29 is 9.47 Å². The summed E-state index contributed by atoms with van der Waals surface area (Å²) in [4.78, 5) is 0. The number of ether oxygens (including phenoxy) is 2. The highest BCUT2D eigenvalue weighted by Gasteiger charge is 2.34. The molecule has 0 radical (unpaired) electrons. The topological polar surface area (TPSA) is 44.5 Å². The van der Waals surface area contributed by atoms with Crippen molar-refractivity contribution in [3.05, 3.63) is 0 Å². The molecule has 2 fully saturated rings. The van der Waals surface area contributed by atoms with Crippen molar-refractivity contribution in [2.24, 2.45) is 17.6 Å². The van der Waals surface area contributed by atoms with Gasteiger partial charge < -0.3 is 15.2 Å². The lowest BCUT2D eigenvalue weighted by molar-refractivity contribution is -0.0379. The van der Waals surface area contributed by atoms with Crippen LogP contribution in [0.1, 0.15) is 51.9 Å². The Balaban J connectivity index is 1.93. The van der Waals surface area contributed by atoms with Gasteiger partial charge in [-0.2, -0.15) is 0 Å². The molecule has 18 heavy (non-hydrogen) atoms. The third-order valence-electron chi connectivity index (χ3n) is 4.66. The first kappa shape index (κ1) is 14.3. The maximum atomic E-state index is 6.53. The molecular formula is C15H29NO2. The SMILES string of the molecule is CCOC(C1CCCCC1)C(N)C1CCOCC1. The predicted molar refractivity (Wildman–Crippen MR) is 73.5 cm³/mol. The lowest BCUT2D eigenvalue weighted by Gasteiger charge is -2.38. The molecule has 3 heteroatoms. The van der Waals surface area contributed by atoms with Gasteiger partial charge in [0.05, 0.1) is 6.10 Å². The van der Waals surface area contributed by atoms with Gasteiger partial charge in [-0.05, 0) is 44.4 Å². The Labute approximate surface area is 111 Å². The molecule has 0 aromatic heterocycles. The van der Waals surface area contributed by atoms with Gasteiger partial charge in [0.2, 0.25) is 0 Å². The van der Waals surface area contributed by atoms with Crippen molar-refractivity contribution in [1.29, 1.82) is 0 Å². The van der Waals surface area contributed by atoms with E-state index in [0.717, 1.165) is 32.7 Å². The van der Waals surface area contributed by atoms with Crippen molar-refractivity contribution in [2.75, 3.05) is 19.8 Å². The van der Waals surface area contributed by atoms with Gasteiger partial charge in [0.25, 0.3) is 0 Å². The van der Waals surface area contributed by atoms with E-state index in [1.807, 2.05) is 0 Å². The van der Waals surface area contributed by atoms with Crippen molar-refractivity contribution in [3.8, 4) is 0 Å². The molecule has 0 aromatic rings. The monoisotopic (exact) mass is 255 g/mol. The van der Waals surface area contributed by atoms with E-state index < -0.39 is 0 Å². The Morgan fingerprint density at radius 2 is 1.72 bits per heavy atom. The van der Waals surface area contributed by atoms with Crippen LogP contribution >= 0.6 is 0 Å². The lowest BCUT2D eigenvalue weighted by Crippen LogP contribution is -2.48. The first-order valence-corrected chi connectivity index (χ1v) is 7.78. The average Bonchev–Trinajstić information content (AvgIpc) is 2.46. The first-order valence-electron chi connectivity index (χ1n) is 7.78. The van der Waals surface area contributed by atoms with Crippen LogP contribution in [0, 0.1) is 11.8 Å². The molecule has 1 heterocycles. The molecule has 1 saturated carbocycles. The van der Waals surface area contributed by atoms with Crippen LogP contribution in [0.15, 0.2) is 0 Å². The zero-order chi connectivity index (χ0) is 12.8. The molecule has 2 rings (SSSR count). The zero-order valence-electron chi connectivity index (χ0n) is 11.8. The maximum Gasteiger partial charge on any atom is 0.0756 e. The summed E-state index contributed by atoms with van der Waals surface area (Å²) in [5.41, 5.74) is 6.53. The second-order valence-electron chi connectivity index (χ2n) is 5.85. The highest BCUT2D eigenvalue weighted by Crippen LogP contribution is 2.32. The van der Waals surface area contributed by atoms with Gasteiger partial charge in [-0.15, -0.1) is 0 Å². The van der Waals surface area contributed by atoms with Crippen LogP contribution in [-0.2, 0) is 9.47 Å². The summed E-state index contributed by atoms with van der Waals surface area (Å²) in [6, 6.07) is 0.206.